The first-order valence-corrected chi connectivity index (χ1v) is 11.7. The Bertz CT molecular complexity index is 1640. The first kappa shape index (κ1) is 28.2. The lowest BCUT2D eigenvalue weighted by atomic mass is 10.0. The summed E-state index contributed by atoms with van der Waals surface area (Å²) < 4.78 is 67.3. The summed E-state index contributed by atoms with van der Waals surface area (Å²) in [4.78, 5) is 7.57. The Hall–Kier alpha value is -4.83. The van der Waals surface area contributed by atoms with E-state index in [9.17, 15) is 27.2 Å². The lowest BCUT2D eigenvalue weighted by molar-refractivity contribution is -0.0236. The Morgan fingerprint density at radius 2 is 1.80 bits per heavy atom. The standard InChI is InChI=1S/C26H18ClF5N8/c1-13(39-40(34-2)26(31)32)22(14-3-5-16(28)6-4-14)37-17-7-19-23(38-18-9-21(29)25(30)36-12-18)15(10-33)11-35-24(19)20(27)8-17/h3-9,11-12,22,26,37H,2H2,1H3,(H,35,38)/b39-13+/t22-/m1/s1. The molecule has 0 aliphatic heterocycles. The predicted octanol–water partition coefficient (Wildman–Crippen LogP) is 6.99. The maximum absolute atomic E-state index is 13.8. The Balaban J connectivity index is 1.83. The number of aromatic nitrogens is 2. The third-order valence-corrected chi connectivity index (χ3v) is 5.91. The Kier molecular flexibility index (Phi) is 8.40. The molecule has 0 fully saturated rings. The zero-order valence-electron chi connectivity index (χ0n) is 20.5. The molecule has 0 spiro atoms. The van der Waals surface area contributed by atoms with Gasteiger partial charge in [0.05, 0.1) is 45.4 Å². The molecule has 4 rings (SSSR count). The van der Waals surface area contributed by atoms with Crippen molar-refractivity contribution in [2.75, 3.05) is 10.6 Å². The molecule has 1 atom stereocenters. The average molecular weight is 573 g/mol. The van der Waals surface area contributed by atoms with Crippen molar-refractivity contribution >= 4 is 52.0 Å². The van der Waals surface area contributed by atoms with E-state index in [0.29, 0.717) is 16.6 Å². The maximum Gasteiger partial charge on any atom is 0.348 e. The SMILES string of the molecule is C=NN(/N=C(\C)[C@@H](Nc1cc(Cl)c2ncc(C#N)c(Nc3cnc(F)c(F)c3)c2c1)c1ccc(F)cc1)C(F)F. The van der Waals surface area contributed by atoms with Crippen LogP contribution in [0, 0.1) is 28.9 Å². The molecule has 0 aliphatic rings. The Labute approximate surface area is 229 Å². The van der Waals surface area contributed by atoms with Gasteiger partial charge in [-0.3, -0.25) is 4.98 Å². The van der Waals surface area contributed by atoms with Crippen LogP contribution in [0.3, 0.4) is 0 Å². The van der Waals surface area contributed by atoms with Crippen molar-refractivity contribution in [2.45, 2.75) is 19.5 Å². The van der Waals surface area contributed by atoms with Crippen LogP contribution in [0.4, 0.5) is 39.0 Å². The van der Waals surface area contributed by atoms with E-state index >= 15 is 0 Å². The zero-order valence-corrected chi connectivity index (χ0v) is 21.3. The number of alkyl halides is 2. The molecule has 0 saturated heterocycles. The molecule has 0 radical (unpaired) electrons. The minimum Gasteiger partial charge on any atom is -0.373 e. The summed E-state index contributed by atoms with van der Waals surface area (Å²) in [6.07, 6.45) is 2.30. The summed E-state index contributed by atoms with van der Waals surface area (Å²) in [6, 6.07) is 10.3. The molecule has 40 heavy (non-hydrogen) atoms. The fraction of sp³-hybridized carbons (Fsp3) is 0.115. The third-order valence-electron chi connectivity index (χ3n) is 5.62. The van der Waals surface area contributed by atoms with Crippen LogP contribution in [0.5, 0.6) is 0 Å². The molecule has 0 bridgehead atoms. The molecule has 0 unspecified atom stereocenters. The predicted molar refractivity (Wildman–Crippen MR) is 142 cm³/mol. The van der Waals surface area contributed by atoms with E-state index in [2.05, 4.69) is 37.5 Å². The first-order chi connectivity index (χ1) is 19.1. The van der Waals surface area contributed by atoms with Crippen molar-refractivity contribution in [1.82, 2.24) is 15.1 Å². The van der Waals surface area contributed by atoms with Gasteiger partial charge in [0, 0.05) is 30.1 Å². The van der Waals surface area contributed by atoms with Crippen LogP contribution in [0.1, 0.15) is 24.1 Å². The largest absolute Gasteiger partial charge is 0.373 e. The monoisotopic (exact) mass is 572 g/mol. The summed E-state index contributed by atoms with van der Waals surface area (Å²) in [5.41, 5.74) is 1.47. The minimum atomic E-state index is -3.06. The lowest BCUT2D eigenvalue weighted by Gasteiger charge is -2.23. The highest BCUT2D eigenvalue weighted by atomic mass is 35.5. The second-order valence-corrected chi connectivity index (χ2v) is 8.65. The fourth-order valence-corrected chi connectivity index (χ4v) is 4.07. The van der Waals surface area contributed by atoms with Gasteiger partial charge in [-0.2, -0.15) is 28.6 Å². The number of nitrogens with zero attached hydrogens (tertiary/aromatic N) is 6. The van der Waals surface area contributed by atoms with Gasteiger partial charge < -0.3 is 10.6 Å². The van der Waals surface area contributed by atoms with Crippen LogP contribution in [-0.4, -0.2) is 34.1 Å². The molecule has 204 valence electrons. The van der Waals surface area contributed by atoms with Crippen molar-refractivity contribution in [1.29, 1.82) is 5.26 Å². The smallest absolute Gasteiger partial charge is 0.348 e. The number of benzene rings is 2. The van der Waals surface area contributed by atoms with Crippen molar-refractivity contribution in [2.24, 2.45) is 10.2 Å². The Morgan fingerprint density at radius 3 is 2.42 bits per heavy atom. The van der Waals surface area contributed by atoms with Crippen LogP contribution in [0.15, 0.2) is 65.1 Å². The van der Waals surface area contributed by atoms with Gasteiger partial charge in [-0.1, -0.05) is 23.7 Å². The highest BCUT2D eigenvalue weighted by Crippen LogP contribution is 2.36. The normalized spacial score (nSPS) is 12.2. The maximum atomic E-state index is 13.8. The second-order valence-electron chi connectivity index (χ2n) is 8.24. The van der Waals surface area contributed by atoms with E-state index in [0.717, 1.165) is 12.3 Å². The third kappa shape index (κ3) is 6.08. The molecular weight excluding hydrogens is 555 g/mol. The highest BCUT2D eigenvalue weighted by molar-refractivity contribution is 6.36. The summed E-state index contributed by atoms with van der Waals surface area (Å²) in [7, 11) is 0. The number of fused-ring (bicyclic) bond motifs is 1. The van der Waals surface area contributed by atoms with Crippen LogP contribution >= 0.6 is 11.6 Å². The summed E-state index contributed by atoms with van der Waals surface area (Å²) in [5, 5.41) is 23.3. The van der Waals surface area contributed by atoms with Crippen LogP contribution in [-0.2, 0) is 0 Å². The van der Waals surface area contributed by atoms with Gasteiger partial charge in [0.15, 0.2) is 5.82 Å². The molecule has 0 amide bonds. The quantitative estimate of drug-likeness (QED) is 0.0737. The van der Waals surface area contributed by atoms with E-state index in [1.165, 1.54) is 43.5 Å². The minimum absolute atomic E-state index is 0.0496. The number of anilines is 3. The molecule has 2 N–H and O–H groups in total. The van der Waals surface area contributed by atoms with Gasteiger partial charge in [0.25, 0.3) is 0 Å². The lowest BCUT2D eigenvalue weighted by Crippen LogP contribution is -2.24. The van der Waals surface area contributed by atoms with Crippen molar-refractivity contribution in [3.05, 3.63) is 88.6 Å². The van der Waals surface area contributed by atoms with Gasteiger partial charge >= 0.3 is 6.55 Å². The number of hydrazone groups is 2. The molecule has 2 heterocycles. The summed E-state index contributed by atoms with van der Waals surface area (Å²) in [5.74, 6) is -3.00. The molecule has 4 aromatic rings. The Morgan fingerprint density at radius 1 is 1.07 bits per heavy atom. The molecule has 8 nitrogen and oxygen atoms in total. The van der Waals surface area contributed by atoms with Crippen molar-refractivity contribution in [3.8, 4) is 6.07 Å². The molecule has 0 saturated carbocycles. The van der Waals surface area contributed by atoms with Crippen molar-refractivity contribution < 1.29 is 22.0 Å². The first-order valence-electron chi connectivity index (χ1n) is 11.3. The van der Waals surface area contributed by atoms with Crippen LogP contribution in [0.2, 0.25) is 5.02 Å². The van der Waals surface area contributed by atoms with E-state index in [-0.39, 0.29) is 38.3 Å². The number of pyridine rings is 2. The number of halogens is 6. The van der Waals surface area contributed by atoms with E-state index in [4.69, 9.17) is 11.6 Å². The van der Waals surface area contributed by atoms with Gasteiger partial charge in [-0.25, -0.2) is 13.8 Å². The zero-order chi connectivity index (χ0) is 29.0. The summed E-state index contributed by atoms with van der Waals surface area (Å²) >= 11 is 6.51. The van der Waals surface area contributed by atoms with Gasteiger partial charge in [0.1, 0.15) is 11.9 Å². The molecule has 14 heteroatoms. The van der Waals surface area contributed by atoms with Crippen LogP contribution < -0.4 is 10.6 Å². The van der Waals surface area contributed by atoms with E-state index in [1.807, 2.05) is 6.07 Å². The van der Waals surface area contributed by atoms with E-state index < -0.39 is 30.2 Å². The number of hydrogen-bond donors (Lipinski definition) is 2. The number of hydrogen-bond acceptors (Lipinski definition) is 8. The summed E-state index contributed by atoms with van der Waals surface area (Å²) in [6.45, 7) is 1.49. The average Bonchev–Trinajstić information content (AvgIpc) is 2.93. The topological polar surface area (TPSA) is 102 Å². The number of rotatable bonds is 9. The fourth-order valence-electron chi connectivity index (χ4n) is 3.80. The van der Waals surface area contributed by atoms with Gasteiger partial charge in [-0.05, 0) is 36.8 Å². The highest BCUT2D eigenvalue weighted by Gasteiger charge is 2.21. The van der Waals surface area contributed by atoms with Crippen LogP contribution in [0.25, 0.3) is 10.9 Å². The van der Waals surface area contributed by atoms with Gasteiger partial charge in [0.2, 0.25) is 5.95 Å². The number of nitriles is 1. The molecule has 2 aromatic heterocycles. The molecular formula is C26H18ClF5N8. The van der Waals surface area contributed by atoms with E-state index in [1.54, 1.807) is 6.07 Å². The molecule has 0 aliphatic carbocycles. The van der Waals surface area contributed by atoms with Crippen molar-refractivity contribution in [3.63, 3.8) is 0 Å². The van der Waals surface area contributed by atoms with Gasteiger partial charge in [-0.15, -0.1) is 5.12 Å². The molecule has 2 aromatic carbocycles. The number of nitrogens with one attached hydrogen (secondary N) is 2. The second kappa shape index (κ2) is 11.9.